The third-order valence-corrected chi connectivity index (χ3v) is 7.78. The molecule has 1 aliphatic rings. The fourth-order valence-electron chi connectivity index (χ4n) is 5.60. The highest BCUT2D eigenvalue weighted by Gasteiger charge is 2.26. The van der Waals surface area contributed by atoms with Gasteiger partial charge in [-0.1, -0.05) is 38.1 Å². The summed E-state index contributed by atoms with van der Waals surface area (Å²) in [5.74, 6) is -0.531. The van der Waals surface area contributed by atoms with Gasteiger partial charge in [0.15, 0.2) is 0 Å². The van der Waals surface area contributed by atoms with Crippen molar-refractivity contribution in [3.63, 3.8) is 0 Å². The van der Waals surface area contributed by atoms with E-state index in [-0.39, 0.29) is 30.5 Å². The Balaban J connectivity index is 1.81. The molecule has 1 aliphatic carbocycles. The molecular formula is C35H43FN4O4. The van der Waals surface area contributed by atoms with Crippen molar-refractivity contribution in [2.75, 3.05) is 27.2 Å². The first kappa shape index (κ1) is 33.1. The van der Waals surface area contributed by atoms with Crippen LogP contribution in [0.25, 0.3) is 28.5 Å². The van der Waals surface area contributed by atoms with Crippen LogP contribution in [-0.4, -0.2) is 76.7 Å². The van der Waals surface area contributed by atoms with Crippen LogP contribution >= 0.6 is 0 Å². The summed E-state index contributed by atoms with van der Waals surface area (Å²) < 4.78 is 14.0. The van der Waals surface area contributed by atoms with Gasteiger partial charge in [-0.3, -0.25) is 9.78 Å². The summed E-state index contributed by atoms with van der Waals surface area (Å²) in [5, 5.41) is 23.6. The number of benzene rings is 1. The first-order valence-electron chi connectivity index (χ1n) is 15.3. The number of amides is 1. The zero-order valence-corrected chi connectivity index (χ0v) is 26.0. The third-order valence-electron chi connectivity index (χ3n) is 7.78. The van der Waals surface area contributed by atoms with Crippen LogP contribution in [0.15, 0.2) is 42.5 Å². The number of aryl methyl sites for hydroxylation is 1. The first-order valence-corrected chi connectivity index (χ1v) is 15.3. The minimum absolute atomic E-state index is 0.00354. The zero-order chi connectivity index (χ0) is 31.8. The van der Waals surface area contributed by atoms with Gasteiger partial charge in [-0.25, -0.2) is 9.37 Å². The van der Waals surface area contributed by atoms with Crippen LogP contribution in [0.3, 0.4) is 0 Å². The highest BCUT2D eigenvalue weighted by atomic mass is 19.1. The Morgan fingerprint density at radius 2 is 1.84 bits per heavy atom. The first-order chi connectivity index (χ1) is 21.1. The number of nitrogens with one attached hydrogen (secondary N) is 1. The summed E-state index contributed by atoms with van der Waals surface area (Å²) in [6.07, 6.45) is 5.14. The largest absolute Gasteiger partial charge is 0.393 e. The molecule has 3 aromatic rings. The molecule has 1 aromatic carbocycles. The number of hydrogen-bond donors (Lipinski definition) is 3. The Bertz CT molecular complexity index is 1490. The Morgan fingerprint density at radius 3 is 2.52 bits per heavy atom. The maximum atomic E-state index is 14.0. The van der Waals surface area contributed by atoms with Crippen molar-refractivity contribution in [3.8, 4) is 22.4 Å². The van der Waals surface area contributed by atoms with Crippen LogP contribution in [0.5, 0.6) is 0 Å². The number of aliphatic hydroxyl groups excluding tert-OH is 2. The predicted molar refractivity (Wildman–Crippen MR) is 171 cm³/mol. The van der Waals surface area contributed by atoms with E-state index in [1.54, 1.807) is 24.3 Å². The van der Waals surface area contributed by atoms with E-state index in [2.05, 4.69) is 10.2 Å². The van der Waals surface area contributed by atoms with Crippen LogP contribution in [0.1, 0.15) is 78.5 Å². The average molecular weight is 603 g/mol. The minimum Gasteiger partial charge on any atom is -0.393 e. The van der Waals surface area contributed by atoms with Gasteiger partial charge in [-0.2, -0.15) is 0 Å². The molecule has 4 rings (SSSR count). The van der Waals surface area contributed by atoms with Crippen LogP contribution < -0.4 is 5.32 Å². The lowest BCUT2D eigenvalue weighted by molar-refractivity contribution is -0.109. The second-order valence-electron chi connectivity index (χ2n) is 11.9. The molecule has 0 saturated heterocycles. The molecule has 2 aromatic heterocycles. The number of aldehydes is 1. The zero-order valence-electron chi connectivity index (χ0n) is 26.0. The highest BCUT2D eigenvalue weighted by molar-refractivity contribution is 5.93. The van der Waals surface area contributed by atoms with Gasteiger partial charge in [0.05, 0.1) is 29.3 Å². The molecule has 44 heavy (non-hydrogen) atoms. The minimum atomic E-state index is -0.970. The Kier molecular flexibility index (Phi) is 11.5. The summed E-state index contributed by atoms with van der Waals surface area (Å²) >= 11 is 0. The van der Waals surface area contributed by atoms with Crippen LogP contribution in [0.2, 0.25) is 0 Å². The molecule has 2 heterocycles. The SMILES string of the molecule is CC(C)c1nc2c(c(-c3ccc(F)cc3)c1/C=C/[C@@H](O)C[C@@H](O)CC=O)CCCc1nc(C(=O)NCCCN(C)C)ccc1-2. The fraction of sp³-hybridized carbons (Fsp3) is 0.429. The van der Waals surface area contributed by atoms with Crippen molar-refractivity contribution in [1.82, 2.24) is 20.2 Å². The van der Waals surface area contributed by atoms with Gasteiger partial charge in [-0.05, 0) is 93.2 Å². The highest BCUT2D eigenvalue weighted by Crippen LogP contribution is 2.41. The quantitative estimate of drug-likeness (QED) is 0.187. The predicted octanol–water partition coefficient (Wildman–Crippen LogP) is 4.96. The van der Waals surface area contributed by atoms with E-state index in [0.29, 0.717) is 31.4 Å². The normalized spacial score (nSPS) is 14.3. The van der Waals surface area contributed by atoms with E-state index in [1.165, 1.54) is 12.1 Å². The molecular weight excluding hydrogens is 559 g/mol. The lowest BCUT2D eigenvalue weighted by Gasteiger charge is -2.22. The van der Waals surface area contributed by atoms with Crippen LogP contribution in [-0.2, 0) is 17.6 Å². The molecule has 234 valence electrons. The van der Waals surface area contributed by atoms with E-state index in [9.17, 15) is 24.2 Å². The van der Waals surface area contributed by atoms with Gasteiger partial charge in [0.2, 0.25) is 0 Å². The van der Waals surface area contributed by atoms with E-state index < -0.39 is 12.2 Å². The van der Waals surface area contributed by atoms with Gasteiger partial charge < -0.3 is 25.2 Å². The summed E-state index contributed by atoms with van der Waals surface area (Å²) in [6, 6.07) is 10.1. The van der Waals surface area contributed by atoms with E-state index in [1.807, 2.05) is 40.1 Å². The second kappa shape index (κ2) is 15.3. The number of nitrogens with zero attached hydrogens (tertiary/aromatic N) is 3. The monoisotopic (exact) mass is 602 g/mol. The number of pyridine rings is 2. The van der Waals surface area contributed by atoms with Gasteiger partial charge in [0.25, 0.3) is 5.91 Å². The summed E-state index contributed by atoms with van der Waals surface area (Å²) in [7, 11) is 4.00. The fourth-order valence-corrected chi connectivity index (χ4v) is 5.60. The molecule has 0 fully saturated rings. The smallest absolute Gasteiger partial charge is 0.269 e. The number of halogens is 1. The molecule has 0 aliphatic heterocycles. The van der Waals surface area contributed by atoms with E-state index in [0.717, 1.165) is 64.3 Å². The van der Waals surface area contributed by atoms with E-state index >= 15 is 0 Å². The van der Waals surface area contributed by atoms with E-state index in [4.69, 9.17) is 9.97 Å². The average Bonchev–Trinajstić information content (AvgIpc) is 3.16. The number of aliphatic hydroxyl groups is 2. The lowest BCUT2D eigenvalue weighted by Crippen LogP contribution is -2.28. The summed E-state index contributed by atoms with van der Waals surface area (Å²) in [6.45, 7) is 5.54. The van der Waals surface area contributed by atoms with Crippen molar-refractivity contribution < 1.29 is 24.2 Å². The number of aromatic nitrogens is 2. The topological polar surface area (TPSA) is 116 Å². The Morgan fingerprint density at radius 1 is 1.09 bits per heavy atom. The second-order valence-corrected chi connectivity index (χ2v) is 11.9. The number of fused-ring (bicyclic) bond motifs is 3. The number of carbonyl (C=O) groups excluding carboxylic acids is 2. The van der Waals surface area contributed by atoms with Gasteiger partial charge in [0, 0.05) is 30.5 Å². The van der Waals surface area contributed by atoms with Crippen LogP contribution in [0, 0.1) is 5.82 Å². The maximum Gasteiger partial charge on any atom is 0.269 e. The van der Waals surface area contributed by atoms with Gasteiger partial charge in [-0.15, -0.1) is 0 Å². The van der Waals surface area contributed by atoms with Crippen molar-refractivity contribution in [3.05, 3.63) is 76.5 Å². The van der Waals surface area contributed by atoms with Crippen molar-refractivity contribution in [2.45, 2.75) is 70.5 Å². The molecule has 8 nitrogen and oxygen atoms in total. The summed E-state index contributed by atoms with van der Waals surface area (Å²) in [5.41, 5.74) is 7.22. The molecule has 0 saturated carbocycles. The lowest BCUT2D eigenvalue weighted by atomic mass is 9.86. The van der Waals surface area contributed by atoms with Crippen LogP contribution in [0.4, 0.5) is 4.39 Å². The number of hydrogen-bond acceptors (Lipinski definition) is 7. The van der Waals surface area contributed by atoms with Crippen molar-refractivity contribution >= 4 is 18.3 Å². The molecule has 0 unspecified atom stereocenters. The third kappa shape index (κ3) is 8.22. The number of rotatable bonds is 13. The molecule has 0 spiro atoms. The van der Waals surface area contributed by atoms with Gasteiger partial charge in [0.1, 0.15) is 17.8 Å². The molecule has 1 amide bonds. The standard InChI is InChI=1S/C35H43FN4O4/c1-22(2)33-29(14-13-25(42)21-26(43)17-20-41)32(23-9-11-24(36)12-10-23)28-7-5-8-30-27(34(28)39-33)15-16-31(38-30)35(44)37-18-6-19-40(3)4/h9-16,20,22,25-26,42-43H,5-8,17-19,21H2,1-4H3,(H,37,44)/b14-13+/t25-,26+/m1/s1. The summed E-state index contributed by atoms with van der Waals surface area (Å²) in [4.78, 5) is 35.7. The molecule has 0 radical (unpaired) electrons. The Labute approximate surface area is 259 Å². The maximum absolute atomic E-state index is 14.0. The molecule has 3 N–H and O–H groups in total. The molecule has 9 heteroatoms. The molecule has 2 atom stereocenters. The van der Waals surface area contributed by atoms with Crippen molar-refractivity contribution in [2.24, 2.45) is 0 Å². The van der Waals surface area contributed by atoms with Gasteiger partial charge >= 0.3 is 0 Å². The Hall–Kier alpha value is -3.79. The number of carbonyl (C=O) groups is 2. The molecule has 0 bridgehead atoms. The van der Waals surface area contributed by atoms with Crippen molar-refractivity contribution in [1.29, 1.82) is 0 Å².